The first-order chi connectivity index (χ1) is 4.99. The summed E-state index contributed by atoms with van der Waals surface area (Å²) in [7, 11) is 3.77. The van der Waals surface area contributed by atoms with Gasteiger partial charge in [-0.3, -0.25) is 0 Å². The maximum atomic E-state index is 12.6. The van der Waals surface area contributed by atoms with E-state index in [1.807, 2.05) is 19.0 Å². The van der Waals surface area contributed by atoms with Gasteiger partial charge in [0.1, 0.15) is 0 Å². The van der Waals surface area contributed by atoms with Gasteiger partial charge < -0.3 is 10.2 Å². The van der Waals surface area contributed by atoms with Crippen LogP contribution >= 0.6 is 0 Å². The standard InChI is InChI=1S/C7H14F2N2/c1-11(2)4-6-3-7(8,9)5-10-6/h6,10H,3-5H2,1-2H3/t6-/m1/s1. The van der Waals surface area contributed by atoms with E-state index in [1.54, 1.807) is 0 Å². The highest BCUT2D eigenvalue weighted by Crippen LogP contribution is 2.24. The molecule has 0 aromatic heterocycles. The SMILES string of the molecule is CN(C)C[C@H]1CC(F)(F)CN1. The lowest BCUT2D eigenvalue weighted by atomic mass is 10.2. The molecule has 1 atom stereocenters. The van der Waals surface area contributed by atoms with Crippen molar-refractivity contribution in [3.63, 3.8) is 0 Å². The third-order valence-electron chi connectivity index (χ3n) is 1.78. The van der Waals surface area contributed by atoms with Crippen LogP contribution in [-0.4, -0.2) is 44.0 Å². The summed E-state index contributed by atoms with van der Waals surface area (Å²) in [6.45, 7) is 0.529. The predicted molar refractivity (Wildman–Crippen MR) is 39.9 cm³/mol. The van der Waals surface area contributed by atoms with Crippen molar-refractivity contribution in [2.45, 2.75) is 18.4 Å². The van der Waals surface area contributed by atoms with Crippen molar-refractivity contribution < 1.29 is 8.78 Å². The molecule has 1 aliphatic rings. The molecule has 0 radical (unpaired) electrons. The maximum absolute atomic E-state index is 12.6. The van der Waals surface area contributed by atoms with Gasteiger partial charge in [-0.15, -0.1) is 0 Å². The van der Waals surface area contributed by atoms with Gasteiger partial charge in [0.25, 0.3) is 5.92 Å². The Morgan fingerprint density at radius 2 is 2.18 bits per heavy atom. The summed E-state index contributed by atoms with van der Waals surface area (Å²) >= 11 is 0. The first-order valence-corrected chi connectivity index (χ1v) is 3.75. The van der Waals surface area contributed by atoms with Gasteiger partial charge in [-0.2, -0.15) is 0 Å². The molecule has 1 aliphatic heterocycles. The van der Waals surface area contributed by atoms with Gasteiger partial charge in [-0.05, 0) is 14.1 Å². The third-order valence-corrected chi connectivity index (χ3v) is 1.78. The Balaban J connectivity index is 2.31. The Labute approximate surface area is 65.6 Å². The molecule has 0 amide bonds. The van der Waals surface area contributed by atoms with E-state index >= 15 is 0 Å². The molecule has 0 unspecified atom stereocenters. The van der Waals surface area contributed by atoms with Crippen LogP contribution in [0.2, 0.25) is 0 Å². The first kappa shape index (κ1) is 8.87. The number of likely N-dealkylation sites (N-methyl/N-ethyl adjacent to an activating group) is 1. The van der Waals surface area contributed by atoms with E-state index in [9.17, 15) is 8.78 Å². The van der Waals surface area contributed by atoms with E-state index in [4.69, 9.17) is 0 Å². The molecule has 4 heteroatoms. The lowest BCUT2D eigenvalue weighted by Crippen LogP contribution is -2.33. The number of alkyl halides is 2. The van der Waals surface area contributed by atoms with E-state index in [-0.39, 0.29) is 19.0 Å². The lowest BCUT2D eigenvalue weighted by Gasteiger charge is -2.15. The zero-order chi connectivity index (χ0) is 8.48. The highest BCUT2D eigenvalue weighted by atomic mass is 19.3. The minimum absolute atomic E-state index is 0.0226. The lowest BCUT2D eigenvalue weighted by molar-refractivity contribution is 0.0204. The van der Waals surface area contributed by atoms with Gasteiger partial charge in [0.2, 0.25) is 0 Å². The van der Waals surface area contributed by atoms with Gasteiger partial charge in [0.15, 0.2) is 0 Å². The number of nitrogens with zero attached hydrogens (tertiary/aromatic N) is 1. The van der Waals surface area contributed by atoms with E-state index in [1.165, 1.54) is 0 Å². The van der Waals surface area contributed by atoms with Gasteiger partial charge in [0.05, 0.1) is 6.54 Å². The number of halogens is 2. The summed E-state index contributed by atoms with van der Waals surface area (Å²) in [4.78, 5) is 1.92. The molecule has 11 heavy (non-hydrogen) atoms. The zero-order valence-corrected chi connectivity index (χ0v) is 6.90. The smallest absolute Gasteiger partial charge is 0.261 e. The van der Waals surface area contributed by atoms with Crippen molar-refractivity contribution in [3.8, 4) is 0 Å². The number of hydrogen-bond donors (Lipinski definition) is 1. The fraction of sp³-hybridized carbons (Fsp3) is 1.00. The molecule has 0 spiro atoms. The molecule has 1 N–H and O–H groups in total. The van der Waals surface area contributed by atoms with Crippen molar-refractivity contribution in [2.24, 2.45) is 0 Å². The van der Waals surface area contributed by atoms with E-state index in [0.29, 0.717) is 6.54 Å². The quantitative estimate of drug-likeness (QED) is 0.641. The van der Waals surface area contributed by atoms with E-state index in [2.05, 4.69) is 5.32 Å². The maximum Gasteiger partial charge on any atom is 0.261 e. The third kappa shape index (κ3) is 2.71. The number of hydrogen-bond acceptors (Lipinski definition) is 2. The molecule has 1 fully saturated rings. The van der Waals surface area contributed by atoms with E-state index < -0.39 is 5.92 Å². The van der Waals surface area contributed by atoms with Gasteiger partial charge in [-0.1, -0.05) is 0 Å². The molecular formula is C7H14F2N2. The van der Waals surface area contributed by atoms with Crippen LogP contribution in [0.1, 0.15) is 6.42 Å². The van der Waals surface area contributed by atoms with Crippen LogP contribution in [0.15, 0.2) is 0 Å². The summed E-state index contributed by atoms with van der Waals surface area (Å²) < 4.78 is 25.1. The molecule has 1 rings (SSSR count). The summed E-state index contributed by atoms with van der Waals surface area (Å²) in [5.41, 5.74) is 0. The summed E-state index contributed by atoms with van der Waals surface area (Å²) in [5.74, 6) is -2.49. The van der Waals surface area contributed by atoms with Gasteiger partial charge in [0, 0.05) is 19.0 Å². The second-order valence-electron chi connectivity index (χ2n) is 3.40. The fourth-order valence-corrected chi connectivity index (χ4v) is 1.37. The Morgan fingerprint density at radius 1 is 1.55 bits per heavy atom. The number of rotatable bonds is 2. The second kappa shape index (κ2) is 3.03. The van der Waals surface area contributed by atoms with Crippen LogP contribution in [0.5, 0.6) is 0 Å². The summed E-state index contributed by atoms with van der Waals surface area (Å²) in [6.07, 6.45) is -0.0226. The molecular weight excluding hydrogens is 150 g/mol. The van der Waals surface area contributed by atoms with Gasteiger partial charge in [-0.25, -0.2) is 8.78 Å². The normalized spacial score (nSPS) is 29.7. The molecule has 0 saturated carbocycles. The van der Waals surface area contributed by atoms with Crippen LogP contribution in [0.3, 0.4) is 0 Å². The molecule has 2 nitrogen and oxygen atoms in total. The van der Waals surface area contributed by atoms with Crippen LogP contribution in [0.25, 0.3) is 0 Å². The largest absolute Gasteiger partial charge is 0.308 e. The van der Waals surface area contributed by atoms with Gasteiger partial charge >= 0.3 is 0 Å². The Kier molecular flexibility index (Phi) is 2.44. The van der Waals surface area contributed by atoms with Crippen molar-refractivity contribution in [2.75, 3.05) is 27.2 Å². The second-order valence-corrected chi connectivity index (χ2v) is 3.40. The Bertz CT molecular complexity index is 136. The fourth-order valence-electron chi connectivity index (χ4n) is 1.37. The van der Waals surface area contributed by atoms with Crippen molar-refractivity contribution in [3.05, 3.63) is 0 Å². The summed E-state index contributed by atoms with van der Waals surface area (Å²) in [5, 5.41) is 2.79. The first-order valence-electron chi connectivity index (χ1n) is 3.75. The summed E-state index contributed by atoms with van der Waals surface area (Å²) in [6, 6.07) is -0.0417. The monoisotopic (exact) mass is 164 g/mol. The van der Waals surface area contributed by atoms with Crippen molar-refractivity contribution in [1.29, 1.82) is 0 Å². The minimum atomic E-state index is -2.49. The van der Waals surface area contributed by atoms with Crippen LogP contribution in [0.4, 0.5) is 8.78 Å². The van der Waals surface area contributed by atoms with Crippen LogP contribution in [0, 0.1) is 0 Å². The molecule has 0 aliphatic carbocycles. The average molecular weight is 164 g/mol. The van der Waals surface area contributed by atoms with Crippen molar-refractivity contribution in [1.82, 2.24) is 10.2 Å². The Morgan fingerprint density at radius 3 is 2.55 bits per heavy atom. The number of nitrogens with one attached hydrogen (secondary N) is 1. The zero-order valence-electron chi connectivity index (χ0n) is 6.90. The highest BCUT2D eigenvalue weighted by Gasteiger charge is 2.38. The average Bonchev–Trinajstić information content (AvgIpc) is 2.08. The molecule has 0 aromatic carbocycles. The molecule has 0 bridgehead atoms. The molecule has 0 aromatic rings. The van der Waals surface area contributed by atoms with Crippen molar-refractivity contribution >= 4 is 0 Å². The minimum Gasteiger partial charge on any atom is -0.308 e. The van der Waals surface area contributed by atoms with Crippen LogP contribution < -0.4 is 5.32 Å². The topological polar surface area (TPSA) is 15.3 Å². The molecule has 1 saturated heterocycles. The highest BCUT2D eigenvalue weighted by molar-refractivity contribution is 4.88. The molecule has 66 valence electrons. The Hall–Kier alpha value is -0.220. The molecule has 1 heterocycles. The van der Waals surface area contributed by atoms with Crippen LogP contribution in [-0.2, 0) is 0 Å². The predicted octanol–water partition coefficient (Wildman–Crippen LogP) is 0.545. The van der Waals surface area contributed by atoms with E-state index in [0.717, 1.165) is 0 Å².